The van der Waals surface area contributed by atoms with Crippen LogP contribution in [-0.2, 0) is 10.3 Å². The Bertz CT molecular complexity index is 457. The van der Waals surface area contributed by atoms with E-state index in [1.807, 2.05) is 0 Å². The summed E-state index contributed by atoms with van der Waals surface area (Å²) in [6.07, 6.45) is 8.09. The molecule has 0 atom stereocenters. The van der Waals surface area contributed by atoms with Crippen LogP contribution in [0.25, 0.3) is 0 Å². The minimum absolute atomic E-state index is 0.288. The van der Waals surface area contributed by atoms with E-state index in [9.17, 15) is 4.79 Å². The molecule has 0 bridgehead atoms. The van der Waals surface area contributed by atoms with Crippen molar-refractivity contribution in [3.05, 3.63) is 29.3 Å². The van der Waals surface area contributed by atoms with Crippen LogP contribution in [-0.4, -0.2) is 12.3 Å². The Morgan fingerprint density at radius 1 is 1.35 bits per heavy atom. The van der Waals surface area contributed by atoms with Gasteiger partial charge < -0.3 is 0 Å². The van der Waals surface area contributed by atoms with E-state index >= 15 is 0 Å². The van der Waals surface area contributed by atoms with Gasteiger partial charge in [-0.3, -0.25) is 0 Å². The summed E-state index contributed by atoms with van der Waals surface area (Å²) in [4.78, 5) is 16.1. The van der Waals surface area contributed by atoms with Gasteiger partial charge in [-0.2, -0.15) is 4.99 Å². The third-order valence-electron chi connectivity index (χ3n) is 3.62. The van der Waals surface area contributed by atoms with Crippen molar-refractivity contribution in [3.63, 3.8) is 0 Å². The highest BCUT2D eigenvalue weighted by atomic mass is 32.2. The monoisotopic (exact) mass is 247 g/mol. The summed E-state index contributed by atoms with van der Waals surface area (Å²) in [6, 6.07) is 6.43. The van der Waals surface area contributed by atoms with E-state index in [0.717, 1.165) is 25.7 Å². The first-order chi connectivity index (χ1) is 8.22. The Morgan fingerprint density at radius 3 is 2.59 bits per heavy atom. The van der Waals surface area contributed by atoms with Gasteiger partial charge in [0.15, 0.2) is 0 Å². The van der Waals surface area contributed by atoms with Gasteiger partial charge in [-0.1, -0.05) is 25.0 Å². The predicted molar refractivity (Wildman–Crippen MR) is 71.2 cm³/mol. The molecular weight excluding hydrogens is 230 g/mol. The molecule has 0 radical (unpaired) electrons. The first-order valence-corrected chi connectivity index (χ1v) is 7.18. The Hall–Kier alpha value is -1.05. The molecule has 1 fully saturated rings. The number of aryl methyl sites for hydroxylation is 1. The van der Waals surface area contributed by atoms with Crippen LogP contribution >= 0.6 is 11.8 Å². The highest BCUT2D eigenvalue weighted by Crippen LogP contribution is 2.42. The van der Waals surface area contributed by atoms with Crippen molar-refractivity contribution in [3.8, 4) is 0 Å². The third-order valence-corrected chi connectivity index (χ3v) is 4.52. The maximum atomic E-state index is 10.7. The predicted octanol–water partition coefficient (Wildman–Crippen LogP) is 3.82. The Balaban J connectivity index is 2.44. The van der Waals surface area contributed by atoms with Gasteiger partial charge in [-0.05, 0) is 43.2 Å². The SMILES string of the molecule is CSc1ccc(C2(N=C=O)CCCC2)cc1C. The zero-order valence-corrected chi connectivity index (χ0v) is 11.1. The van der Waals surface area contributed by atoms with Gasteiger partial charge in [-0.15, -0.1) is 11.8 Å². The fourth-order valence-corrected chi connectivity index (χ4v) is 3.27. The van der Waals surface area contributed by atoms with Crippen molar-refractivity contribution < 1.29 is 4.79 Å². The van der Waals surface area contributed by atoms with Crippen LogP contribution in [0.5, 0.6) is 0 Å². The molecule has 90 valence electrons. The third kappa shape index (κ3) is 2.31. The molecule has 2 rings (SSSR count). The van der Waals surface area contributed by atoms with Gasteiger partial charge in [0.25, 0.3) is 0 Å². The van der Waals surface area contributed by atoms with Crippen LogP contribution in [0.1, 0.15) is 36.8 Å². The summed E-state index contributed by atoms with van der Waals surface area (Å²) in [5.41, 5.74) is 2.15. The molecule has 1 aromatic carbocycles. The normalized spacial score (nSPS) is 17.8. The number of carbonyl (C=O) groups excluding carboxylic acids is 1. The maximum absolute atomic E-state index is 10.7. The molecule has 0 saturated heterocycles. The van der Waals surface area contributed by atoms with Gasteiger partial charge in [-0.25, -0.2) is 4.79 Å². The van der Waals surface area contributed by atoms with Crippen molar-refractivity contribution in [2.75, 3.05) is 6.26 Å². The lowest BCUT2D eigenvalue weighted by atomic mass is 9.88. The van der Waals surface area contributed by atoms with E-state index in [-0.39, 0.29) is 5.54 Å². The molecule has 1 aliphatic rings. The maximum Gasteiger partial charge on any atom is 0.235 e. The topological polar surface area (TPSA) is 29.4 Å². The molecule has 1 aromatic rings. The zero-order valence-electron chi connectivity index (χ0n) is 10.3. The molecule has 2 nitrogen and oxygen atoms in total. The summed E-state index contributed by atoms with van der Waals surface area (Å²) in [5, 5.41) is 0. The Labute approximate surface area is 107 Å². The molecule has 0 aliphatic heterocycles. The largest absolute Gasteiger partial charge is 0.235 e. The van der Waals surface area contributed by atoms with Crippen LogP contribution < -0.4 is 0 Å². The number of rotatable bonds is 3. The lowest BCUT2D eigenvalue weighted by molar-refractivity contribution is 0.455. The van der Waals surface area contributed by atoms with Crippen molar-refractivity contribution in [2.45, 2.75) is 43.0 Å². The molecule has 0 unspecified atom stereocenters. The fraction of sp³-hybridized carbons (Fsp3) is 0.500. The quantitative estimate of drug-likeness (QED) is 0.461. The number of aliphatic imine (C=N–C) groups is 1. The smallest absolute Gasteiger partial charge is 0.211 e. The van der Waals surface area contributed by atoms with Gasteiger partial charge in [0.05, 0.1) is 5.54 Å². The molecule has 1 aliphatic carbocycles. The molecular formula is C14H17NOS. The number of hydrogen-bond donors (Lipinski definition) is 0. The molecule has 0 spiro atoms. The van der Waals surface area contributed by atoms with Crippen LogP contribution in [0.4, 0.5) is 0 Å². The van der Waals surface area contributed by atoms with E-state index in [0.29, 0.717) is 0 Å². The molecule has 1 saturated carbocycles. The Morgan fingerprint density at radius 2 is 2.06 bits per heavy atom. The average molecular weight is 247 g/mol. The molecule has 3 heteroatoms. The van der Waals surface area contributed by atoms with E-state index in [1.165, 1.54) is 16.0 Å². The summed E-state index contributed by atoms with van der Waals surface area (Å²) in [5.74, 6) is 0. The van der Waals surface area contributed by atoms with Crippen molar-refractivity contribution >= 4 is 17.8 Å². The first kappa shape index (κ1) is 12.4. The number of nitrogens with zero attached hydrogens (tertiary/aromatic N) is 1. The van der Waals surface area contributed by atoms with Crippen LogP contribution in [0.3, 0.4) is 0 Å². The average Bonchev–Trinajstić information content (AvgIpc) is 2.79. The number of benzene rings is 1. The van der Waals surface area contributed by atoms with Crippen LogP contribution in [0.2, 0.25) is 0 Å². The minimum atomic E-state index is -0.288. The lowest BCUT2D eigenvalue weighted by Crippen LogP contribution is -2.19. The van der Waals surface area contributed by atoms with Crippen LogP contribution in [0.15, 0.2) is 28.1 Å². The second-order valence-corrected chi connectivity index (χ2v) is 5.47. The fourth-order valence-electron chi connectivity index (χ4n) is 2.68. The van der Waals surface area contributed by atoms with Gasteiger partial charge >= 0.3 is 0 Å². The Kier molecular flexibility index (Phi) is 3.70. The van der Waals surface area contributed by atoms with Gasteiger partial charge in [0.2, 0.25) is 6.08 Å². The van der Waals surface area contributed by atoms with Gasteiger partial charge in [0.1, 0.15) is 0 Å². The lowest BCUT2D eigenvalue weighted by Gasteiger charge is -2.23. The van der Waals surface area contributed by atoms with Crippen molar-refractivity contribution in [1.29, 1.82) is 0 Å². The summed E-state index contributed by atoms with van der Waals surface area (Å²) in [7, 11) is 0. The van der Waals surface area contributed by atoms with Crippen molar-refractivity contribution in [1.82, 2.24) is 0 Å². The van der Waals surface area contributed by atoms with E-state index in [2.05, 4.69) is 36.4 Å². The van der Waals surface area contributed by atoms with E-state index in [1.54, 1.807) is 17.8 Å². The highest BCUT2D eigenvalue weighted by Gasteiger charge is 2.35. The molecule has 0 N–H and O–H groups in total. The molecule has 17 heavy (non-hydrogen) atoms. The number of isocyanates is 1. The van der Waals surface area contributed by atoms with Crippen LogP contribution in [0, 0.1) is 6.92 Å². The molecule has 0 heterocycles. The second kappa shape index (κ2) is 5.07. The number of hydrogen-bond acceptors (Lipinski definition) is 3. The zero-order chi connectivity index (χ0) is 12.3. The summed E-state index contributed by atoms with van der Waals surface area (Å²) >= 11 is 1.75. The molecule has 0 amide bonds. The highest BCUT2D eigenvalue weighted by molar-refractivity contribution is 7.98. The molecule has 0 aromatic heterocycles. The number of thioether (sulfide) groups is 1. The first-order valence-electron chi connectivity index (χ1n) is 5.96. The summed E-state index contributed by atoms with van der Waals surface area (Å²) < 4.78 is 0. The van der Waals surface area contributed by atoms with E-state index < -0.39 is 0 Å². The summed E-state index contributed by atoms with van der Waals surface area (Å²) in [6.45, 7) is 2.11. The van der Waals surface area contributed by atoms with Gasteiger partial charge in [0, 0.05) is 4.90 Å². The second-order valence-electron chi connectivity index (χ2n) is 4.63. The minimum Gasteiger partial charge on any atom is -0.211 e. The van der Waals surface area contributed by atoms with E-state index in [4.69, 9.17) is 0 Å². The standard InChI is InChI=1S/C14H17NOS/c1-11-9-12(5-6-13(11)17-2)14(15-10-16)7-3-4-8-14/h5-6,9H,3-4,7-8H2,1-2H3. The van der Waals surface area contributed by atoms with Crippen molar-refractivity contribution in [2.24, 2.45) is 4.99 Å².